The van der Waals surface area contributed by atoms with Gasteiger partial charge in [0, 0.05) is 32.7 Å². The van der Waals surface area contributed by atoms with Gasteiger partial charge < -0.3 is 5.32 Å². The Morgan fingerprint density at radius 1 is 1.46 bits per heavy atom. The Balaban J connectivity index is 1.89. The molecule has 0 aromatic carbocycles. The van der Waals surface area contributed by atoms with E-state index >= 15 is 0 Å². The molecular formula is C7H12IN5. The van der Waals surface area contributed by atoms with Crippen molar-refractivity contribution in [3.63, 3.8) is 0 Å². The van der Waals surface area contributed by atoms with Crippen molar-refractivity contribution in [2.45, 2.75) is 6.54 Å². The minimum absolute atomic E-state index is 0.921. The van der Waals surface area contributed by atoms with Gasteiger partial charge in [0.2, 0.25) is 0 Å². The largest absolute Gasteiger partial charge is 0.314 e. The Hall–Kier alpha value is -0.210. The highest BCUT2D eigenvalue weighted by Gasteiger charge is 2.11. The predicted octanol–water partition coefficient (Wildman–Crippen LogP) is -0.119. The second-order valence-electron chi connectivity index (χ2n) is 3.12. The number of hydrogen-bond donors (Lipinski definition) is 1. The number of rotatable bonds is 2. The van der Waals surface area contributed by atoms with Crippen LogP contribution in [-0.2, 0) is 6.54 Å². The molecule has 0 saturated carbocycles. The van der Waals surface area contributed by atoms with Gasteiger partial charge in [0.15, 0.2) is 0 Å². The number of hydrogen-bond acceptors (Lipinski definition) is 4. The van der Waals surface area contributed by atoms with Crippen LogP contribution >= 0.6 is 22.9 Å². The lowest BCUT2D eigenvalue weighted by Crippen LogP contribution is -2.42. The Labute approximate surface area is 91.0 Å². The van der Waals surface area contributed by atoms with Crippen molar-refractivity contribution >= 4 is 22.9 Å². The topological polar surface area (TPSA) is 46.0 Å². The Kier molecular flexibility index (Phi) is 3.12. The molecule has 6 heteroatoms. The summed E-state index contributed by atoms with van der Waals surface area (Å²) in [6.07, 6.45) is 1.96. The molecule has 0 unspecified atom stereocenters. The molecule has 1 fully saturated rings. The molecule has 1 aliphatic rings. The normalized spacial score (nSPS) is 19.2. The molecule has 13 heavy (non-hydrogen) atoms. The zero-order chi connectivity index (χ0) is 9.10. The number of aromatic nitrogens is 3. The van der Waals surface area contributed by atoms with Gasteiger partial charge in [0.25, 0.3) is 0 Å². The van der Waals surface area contributed by atoms with Gasteiger partial charge >= 0.3 is 0 Å². The van der Waals surface area contributed by atoms with E-state index in [9.17, 15) is 0 Å². The van der Waals surface area contributed by atoms with Gasteiger partial charge in [-0.25, -0.2) is 0 Å². The lowest BCUT2D eigenvalue weighted by atomic mass is 10.3. The van der Waals surface area contributed by atoms with Gasteiger partial charge in [-0.05, 0) is 0 Å². The Bertz CT molecular complexity index is 268. The summed E-state index contributed by atoms with van der Waals surface area (Å²) >= 11 is 2.11. The minimum atomic E-state index is 0.921. The Morgan fingerprint density at radius 2 is 2.23 bits per heavy atom. The van der Waals surface area contributed by atoms with Crippen molar-refractivity contribution in [2.24, 2.45) is 0 Å². The highest BCUT2D eigenvalue weighted by atomic mass is 127. The molecule has 1 aliphatic heterocycles. The molecule has 0 bridgehead atoms. The highest BCUT2D eigenvalue weighted by molar-refractivity contribution is 14.1. The highest BCUT2D eigenvalue weighted by Crippen LogP contribution is 2.02. The second kappa shape index (κ2) is 4.34. The summed E-state index contributed by atoms with van der Waals surface area (Å²) in [5, 5.41) is 11.3. The van der Waals surface area contributed by atoms with E-state index in [2.05, 4.69) is 43.4 Å². The van der Waals surface area contributed by atoms with Crippen molar-refractivity contribution in [2.75, 3.05) is 26.2 Å². The van der Waals surface area contributed by atoms with Crippen molar-refractivity contribution < 1.29 is 0 Å². The van der Waals surface area contributed by atoms with Crippen LogP contribution in [-0.4, -0.2) is 44.3 Å². The SMILES string of the molecule is In1cc(CN2CCNCC2)nn1. The molecule has 1 saturated heterocycles. The monoisotopic (exact) mass is 293 g/mol. The molecule has 1 aromatic heterocycles. The van der Waals surface area contributed by atoms with E-state index in [-0.39, 0.29) is 0 Å². The second-order valence-corrected chi connectivity index (χ2v) is 4.11. The third-order valence-corrected chi connectivity index (χ3v) is 2.58. The van der Waals surface area contributed by atoms with Crippen molar-refractivity contribution in [3.8, 4) is 0 Å². The van der Waals surface area contributed by atoms with Crippen LogP contribution in [0.15, 0.2) is 6.20 Å². The molecule has 5 nitrogen and oxygen atoms in total. The van der Waals surface area contributed by atoms with Crippen LogP contribution < -0.4 is 5.32 Å². The van der Waals surface area contributed by atoms with E-state index in [0.717, 1.165) is 38.4 Å². The molecule has 0 aliphatic carbocycles. The van der Waals surface area contributed by atoms with Crippen LogP contribution in [0, 0.1) is 0 Å². The van der Waals surface area contributed by atoms with E-state index < -0.39 is 0 Å². The molecule has 1 N–H and O–H groups in total. The van der Waals surface area contributed by atoms with Crippen LogP contribution in [0.5, 0.6) is 0 Å². The van der Waals surface area contributed by atoms with Gasteiger partial charge in [-0.15, -0.1) is 5.10 Å². The van der Waals surface area contributed by atoms with Gasteiger partial charge in [-0.3, -0.25) is 4.90 Å². The van der Waals surface area contributed by atoms with Crippen molar-refractivity contribution in [1.29, 1.82) is 0 Å². The molecule has 0 radical (unpaired) electrons. The lowest BCUT2D eigenvalue weighted by molar-refractivity contribution is 0.230. The average molecular weight is 293 g/mol. The van der Waals surface area contributed by atoms with Crippen LogP contribution in [0.1, 0.15) is 5.69 Å². The summed E-state index contributed by atoms with van der Waals surface area (Å²) in [5.74, 6) is 0. The van der Waals surface area contributed by atoms with Crippen molar-refractivity contribution in [1.82, 2.24) is 23.4 Å². The first-order valence-corrected chi connectivity index (χ1v) is 5.31. The van der Waals surface area contributed by atoms with Crippen LogP contribution in [0.25, 0.3) is 0 Å². The molecule has 0 spiro atoms. The van der Waals surface area contributed by atoms with E-state index in [1.807, 2.05) is 6.20 Å². The minimum Gasteiger partial charge on any atom is -0.314 e. The van der Waals surface area contributed by atoms with E-state index in [4.69, 9.17) is 0 Å². The number of nitrogens with one attached hydrogen (secondary N) is 1. The fourth-order valence-corrected chi connectivity index (χ4v) is 1.86. The first kappa shape index (κ1) is 9.35. The van der Waals surface area contributed by atoms with Crippen LogP contribution in [0.2, 0.25) is 0 Å². The summed E-state index contributed by atoms with van der Waals surface area (Å²) in [6, 6.07) is 0. The zero-order valence-electron chi connectivity index (χ0n) is 7.28. The van der Waals surface area contributed by atoms with Gasteiger partial charge in [-0.1, -0.05) is 5.21 Å². The number of nitrogens with zero attached hydrogens (tertiary/aromatic N) is 4. The molecular weight excluding hydrogens is 281 g/mol. The molecule has 2 heterocycles. The van der Waals surface area contributed by atoms with E-state index in [0.29, 0.717) is 0 Å². The van der Waals surface area contributed by atoms with E-state index in [1.165, 1.54) is 0 Å². The molecule has 2 rings (SSSR count). The lowest BCUT2D eigenvalue weighted by Gasteiger charge is -2.25. The number of piperazine rings is 1. The predicted molar refractivity (Wildman–Crippen MR) is 57.6 cm³/mol. The number of halogens is 1. The quantitative estimate of drug-likeness (QED) is 0.772. The zero-order valence-corrected chi connectivity index (χ0v) is 9.44. The fourth-order valence-electron chi connectivity index (χ4n) is 1.45. The van der Waals surface area contributed by atoms with Crippen LogP contribution in [0.3, 0.4) is 0 Å². The summed E-state index contributed by atoms with van der Waals surface area (Å²) in [4.78, 5) is 2.39. The third-order valence-electron chi connectivity index (χ3n) is 2.11. The summed E-state index contributed by atoms with van der Waals surface area (Å²) < 4.78 is 1.72. The molecule has 72 valence electrons. The van der Waals surface area contributed by atoms with Gasteiger partial charge in [0.05, 0.1) is 34.8 Å². The van der Waals surface area contributed by atoms with Crippen LogP contribution in [0.4, 0.5) is 0 Å². The maximum Gasteiger partial charge on any atom is 0.0976 e. The molecule has 1 aromatic rings. The molecule has 0 amide bonds. The maximum absolute atomic E-state index is 4.05. The smallest absolute Gasteiger partial charge is 0.0976 e. The van der Waals surface area contributed by atoms with Gasteiger partial charge in [-0.2, -0.15) is 2.90 Å². The van der Waals surface area contributed by atoms with Crippen molar-refractivity contribution in [3.05, 3.63) is 11.9 Å². The summed E-state index contributed by atoms with van der Waals surface area (Å²) in [5.41, 5.74) is 1.05. The fraction of sp³-hybridized carbons (Fsp3) is 0.714. The standard InChI is InChI=1S/C7H12IN5/c8-13-6-7(10-11-13)5-12-3-1-9-2-4-12/h6,9H,1-5H2. The first-order valence-electron chi connectivity index (χ1n) is 4.35. The summed E-state index contributed by atoms with van der Waals surface area (Å²) in [6.45, 7) is 5.30. The maximum atomic E-state index is 4.05. The summed E-state index contributed by atoms with van der Waals surface area (Å²) in [7, 11) is 0. The van der Waals surface area contributed by atoms with E-state index in [1.54, 1.807) is 2.90 Å². The average Bonchev–Trinajstić information content (AvgIpc) is 2.53. The van der Waals surface area contributed by atoms with Gasteiger partial charge in [0.1, 0.15) is 0 Å². The first-order chi connectivity index (χ1) is 6.34. The Morgan fingerprint density at radius 3 is 2.85 bits per heavy atom. The third kappa shape index (κ3) is 2.61. The molecule has 0 atom stereocenters.